The number of benzene rings is 1. The lowest BCUT2D eigenvalue weighted by Crippen LogP contribution is -2.25. The molecule has 20 heavy (non-hydrogen) atoms. The third-order valence-electron chi connectivity index (χ3n) is 2.51. The topological polar surface area (TPSA) is 35.5 Å². The maximum Gasteiger partial charge on any atom is 0.347 e. The van der Waals surface area contributed by atoms with Crippen LogP contribution >= 0.6 is 0 Å². The fraction of sp³-hybridized carbons (Fsp3) is 0.267. The van der Waals surface area contributed by atoms with Gasteiger partial charge in [0.05, 0.1) is 12.9 Å². The maximum absolute atomic E-state index is 13.1. The van der Waals surface area contributed by atoms with Crippen LogP contribution in [0.3, 0.4) is 0 Å². The van der Waals surface area contributed by atoms with Gasteiger partial charge in [-0.1, -0.05) is 13.2 Å². The van der Waals surface area contributed by atoms with Crippen LogP contribution in [0.5, 0.6) is 0 Å². The Labute approximate surface area is 116 Å². The van der Waals surface area contributed by atoms with Crippen LogP contribution in [0.15, 0.2) is 37.6 Å². The zero-order valence-electron chi connectivity index (χ0n) is 11.2. The summed E-state index contributed by atoms with van der Waals surface area (Å²) in [6.07, 6.45) is 0.223. The molecule has 0 saturated heterocycles. The molecule has 0 radical (unpaired) electrons. The van der Waals surface area contributed by atoms with E-state index in [0.29, 0.717) is 5.57 Å². The lowest BCUT2D eigenvalue weighted by atomic mass is 10.0. The first-order valence-electron chi connectivity index (χ1n) is 6.05. The van der Waals surface area contributed by atoms with Crippen molar-refractivity contribution in [3.8, 4) is 0 Å². The Hall–Kier alpha value is -2.17. The standard InChI is InChI=1S/C15H16F2O3/c1-4-19-14(15(18)20-5-2)6-10(3)11-7-12(16)9-13(17)8-11/h4,7-9,14H,1,3,5-6H2,2H3. The van der Waals surface area contributed by atoms with Gasteiger partial charge in [0, 0.05) is 12.5 Å². The number of rotatable bonds is 7. The van der Waals surface area contributed by atoms with Gasteiger partial charge in [-0.3, -0.25) is 0 Å². The Bertz CT molecular complexity index is 492. The van der Waals surface area contributed by atoms with Crippen LogP contribution in [-0.4, -0.2) is 18.7 Å². The fourth-order valence-corrected chi connectivity index (χ4v) is 1.64. The highest BCUT2D eigenvalue weighted by atomic mass is 19.1. The molecule has 0 aliphatic heterocycles. The van der Waals surface area contributed by atoms with Crippen molar-refractivity contribution >= 4 is 11.5 Å². The van der Waals surface area contributed by atoms with Gasteiger partial charge in [0.1, 0.15) is 11.6 Å². The second-order valence-corrected chi connectivity index (χ2v) is 4.01. The zero-order valence-corrected chi connectivity index (χ0v) is 11.2. The van der Waals surface area contributed by atoms with Crippen molar-refractivity contribution in [2.24, 2.45) is 0 Å². The molecule has 5 heteroatoms. The molecule has 0 heterocycles. The van der Waals surface area contributed by atoms with Crippen LogP contribution < -0.4 is 0 Å². The molecule has 108 valence electrons. The highest BCUT2D eigenvalue weighted by molar-refractivity contribution is 5.78. The zero-order chi connectivity index (χ0) is 15.1. The van der Waals surface area contributed by atoms with Gasteiger partial charge in [-0.25, -0.2) is 13.6 Å². The molecule has 0 spiro atoms. The van der Waals surface area contributed by atoms with E-state index in [0.717, 1.165) is 24.5 Å². The largest absolute Gasteiger partial charge is 0.487 e. The van der Waals surface area contributed by atoms with Gasteiger partial charge in [-0.2, -0.15) is 0 Å². The van der Waals surface area contributed by atoms with Crippen molar-refractivity contribution < 1.29 is 23.0 Å². The number of hydrogen-bond donors (Lipinski definition) is 0. The van der Waals surface area contributed by atoms with Crippen LogP contribution in [-0.2, 0) is 14.3 Å². The van der Waals surface area contributed by atoms with E-state index < -0.39 is 23.7 Å². The first-order chi connectivity index (χ1) is 9.47. The summed E-state index contributed by atoms with van der Waals surface area (Å²) in [6.45, 7) is 8.96. The molecule has 0 aromatic heterocycles. The van der Waals surface area contributed by atoms with Crippen LogP contribution in [0.2, 0.25) is 0 Å². The summed E-state index contributed by atoms with van der Waals surface area (Å²) < 4.78 is 36.2. The normalized spacial score (nSPS) is 11.6. The van der Waals surface area contributed by atoms with E-state index in [-0.39, 0.29) is 18.6 Å². The minimum absolute atomic E-state index is 0.0494. The molecule has 0 amide bonds. The number of hydrogen-bond acceptors (Lipinski definition) is 3. The first kappa shape index (κ1) is 15.9. The smallest absolute Gasteiger partial charge is 0.347 e. The van der Waals surface area contributed by atoms with Crippen molar-refractivity contribution in [1.29, 1.82) is 0 Å². The molecule has 1 atom stereocenters. The van der Waals surface area contributed by atoms with Crippen molar-refractivity contribution in [3.63, 3.8) is 0 Å². The number of carbonyl (C=O) groups excluding carboxylic acids is 1. The molecule has 1 aromatic rings. The van der Waals surface area contributed by atoms with E-state index in [4.69, 9.17) is 9.47 Å². The molecule has 1 aromatic carbocycles. The third-order valence-corrected chi connectivity index (χ3v) is 2.51. The lowest BCUT2D eigenvalue weighted by molar-refractivity contribution is -0.153. The number of halogens is 2. The van der Waals surface area contributed by atoms with Gasteiger partial charge < -0.3 is 9.47 Å². The summed E-state index contributed by atoms with van der Waals surface area (Å²) in [5.41, 5.74) is 0.632. The van der Waals surface area contributed by atoms with Gasteiger partial charge >= 0.3 is 5.97 Å². The minimum atomic E-state index is -0.939. The van der Waals surface area contributed by atoms with E-state index in [1.807, 2.05) is 0 Å². The summed E-state index contributed by atoms with van der Waals surface area (Å²) in [5, 5.41) is 0. The summed E-state index contributed by atoms with van der Waals surface area (Å²) in [4.78, 5) is 11.6. The van der Waals surface area contributed by atoms with E-state index in [9.17, 15) is 13.6 Å². The van der Waals surface area contributed by atoms with Crippen LogP contribution in [0, 0.1) is 11.6 Å². The molecular weight excluding hydrogens is 266 g/mol. The molecule has 1 unspecified atom stereocenters. The average Bonchev–Trinajstić information content (AvgIpc) is 2.37. The van der Waals surface area contributed by atoms with Gasteiger partial charge in [-0.05, 0) is 30.2 Å². The summed E-state index contributed by atoms with van der Waals surface area (Å²) >= 11 is 0. The molecule has 0 aliphatic carbocycles. The third kappa shape index (κ3) is 4.50. The predicted octanol–water partition coefficient (Wildman–Crippen LogP) is 3.46. The van der Waals surface area contributed by atoms with Gasteiger partial charge in [-0.15, -0.1) is 0 Å². The first-order valence-corrected chi connectivity index (χ1v) is 6.05. The lowest BCUT2D eigenvalue weighted by Gasteiger charge is -2.16. The van der Waals surface area contributed by atoms with Crippen molar-refractivity contribution in [2.75, 3.05) is 6.61 Å². The summed E-state index contributed by atoms with van der Waals surface area (Å²) in [5.74, 6) is -2.00. The van der Waals surface area contributed by atoms with Crippen molar-refractivity contribution in [2.45, 2.75) is 19.4 Å². The predicted molar refractivity (Wildman–Crippen MR) is 71.7 cm³/mol. The Morgan fingerprint density at radius 3 is 2.45 bits per heavy atom. The molecular formula is C15H16F2O3. The summed E-state index contributed by atoms with van der Waals surface area (Å²) in [6, 6.07) is 3.04. The molecule has 0 bridgehead atoms. The Balaban J connectivity index is 2.84. The number of carbonyl (C=O) groups is 1. The fourth-order valence-electron chi connectivity index (χ4n) is 1.64. The number of esters is 1. The average molecular weight is 282 g/mol. The molecule has 1 rings (SSSR count). The van der Waals surface area contributed by atoms with Crippen LogP contribution in [0.25, 0.3) is 5.57 Å². The van der Waals surface area contributed by atoms with E-state index in [1.54, 1.807) is 6.92 Å². The van der Waals surface area contributed by atoms with E-state index in [2.05, 4.69) is 13.2 Å². The Morgan fingerprint density at radius 2 is 1.95 bits per heavy atom. The minimum Gasteiger partial charge on any atom is -0.487 e. The van der Waals surface area contributed by atoms with Crippen molar-refractivity contribution in [3.05, 3.63) is 54.8 Å². The second kappa shape index (κ2) is 7.43. The Kier molecular flexibility index (Phi) is 5.90. The van der Waals surface area contributed by atoms with E-state index in [1.165, 1.54) is 0 Å². The molecule has 0 aliphatic rings. The molecule has 0 N–H and O–H groups in total. The van der Waals surface area contributed by atoms with Gasteiger partial charge in [0.15, 0.2) is 6.10 Å². The maximum atomic E-state index is 13.1. The number of ether oxygens (including phenoxy) is 2. The quantitative estimate of drug-likeness (QED) is 0.567. The van der Waals surface area contributed by atoms with Crippen LogP contribution in [0.1, 0.15) is 18.9 Å². The van der Waals surface area contributed by atoms with E-state index >= 15 is 0 Å². The van der Waals surface area contributed by atoms with Gasteiger partial charge in [0.25, 0.3) is 0 Å². The molecule has 3 nitrogen and oxygen atoms in total. The monoisotopic (exact) mass is 282 g/mol. The second-order valence-electron chi connectivity index (χ2n) is 4.01. The molecule has 0 fully saturated rings. The highest BCUT2D eigenvalue weighted by Gasteiger charge is 2.22. The highest BCUT2D eigenvalue weighted by Crippen LogP contribution is 2.22. The SMILES string of the molecule is C=COC(CC(=C)c1cc(F)cc(F)c1)C(=O)OCC. The Morgan fingerprint density at radius 1 is 1.35 bits per heavy atom. The van der Waals surface area contributed by atoms with Crippen LogP contribution in [0.4, 0.5) is 8.78 Å². The summed E-state index contributed by atoms with van der Waals surface area (Å²) in [7, 11) is 0. The van der Waals surface area contributed by atoms with Crippen molar-refractivity contribution in [1.82, 2.24) is 0 Å². The van der Waals surface area contributed by atoms with Gasteiger partial charge in [0.2, 0.25) is 0 Å². The molecule has 0 saturated carbocycles.